The molecule has 1 amide bonds. The van der Waals surface area contributed by atoms with Crippen molar-refractivity contribution in [2.24, 2.45) is 0 Å². The van der Waals surface area contributed by atoms with Crippen molar-refractivity contribution in [2.75, 3.05) is 25.2 Å². The fourth-order valence-corrected chi connectivity index (χ4v) is 3.71. The second-order valence-electron chi connectivity index (χ2n) is 11.1. The number of benzene rings is 3. The molecular weight excluding hydrogens is 512 g/mol. The first-order chi connectivity index (χ1) is 18.6. The van der Waals surface area contributed by atoms with Crippen LogP contribution < -0.4 is 14.4 Å². The molecule has 0 heterocycles. The van der Waals surface area contributed by atoms with E-state index in [1.54, 1.807) is 103 Å². The summed E-state index contributed by atoms with van der Waals surface area (Å²) in [7, 11) is 1.61. The van der Waals surface area contributed by atoms with E-state index in [-0.39, 0.29) is 24.0 Å². The lowest BCUT2D eigenvalue weighted by atomic mass is 10.0. The average molecular weight is 547 g/mol. The largest absolute Gasteiger partial charge is 0.478 e. The summed E-state index contributed by atoms with van der Waals surface area (Å²) in [6, 6.07) is 17.4. The number of amides is 1. The summed E-state index contributed by atoms with van der Waals surface area (Å²) in [6.45, 7) is 9.71. The maximum Gasteiger partial charge on any atom is 0.344 e. The zero-order chi connectivity index (χ0) is 29.7. The molecule has 9 nitrogen and oxygen atoms in total. The molecule has 210 valence electrons. The predicted molar refractivity (Wildman–Crippen MR) is 151 cm³/mol. The molecule has 0 saturated carbocycles. The molecule has 0 saturated heterocycles. The minimum Gasteiger partial charge on any atom is -0.478 e. The van der Waals surface area contributed by atoms with Crippen LogP contribution in [0.4, 0.5) is 5.69 Å². The molecule has 3 aromatic rings. The van der Waals surface area contributed by atoms with Crippen LogP contribution in [-0.4, -0.2) is 49.3 Å². The number of hydrogen-bond acceptors (Lipinski definition) is 8. The third-order valence-corrected chi connectivity index (χ3v) is 5.37. The predicted octanol–water partition coefficient (Wildman–Crippen LogP) is 5.43. The van der Waals surface area contributed by atoms with Crippen LogP contribution in [-0.2, 0) is 19.1 Å². The highest BCUT2D eigenvalue weighted by molar-refractivity contribution is 6.08. The second-order valence-corrected chi connectivity index (χ2v) is 11.1. The van der Waals surface area contributed by atoms with E-state index in [1.165, 1.54) is 4.90 Å². The Labute approximate surface area is 234 Å². The van der Waals surface area contributed by atoms with Gasteiger partial charge in [0.25, 0.3) is 5.91 Å². The monoisotopic (exact) mass is 546 g/mol. The molecule has 0 aliphatic heterocycles. The van der Waals surface area contributed by atoms with Gasteiger partial charge in [0, 0.05) is 24.4 Å². The van der Waals surface area contributed by atoms with Gasteiger partial charge in [-0.2, -0.15) is 5.26 Å². The highest BCUT2D eigenvalue weighted by Gasteiger charge is 2.21. The molecule has 0 N–H and O–H groups in total. The van der Waals surface area contributed by atoms with Gasteiger partial charge in [-0.25, -0.2) is 9.59 Å². The van der Waals surface area contributed by atoms with Crippen molar-refractivity contribution in [1.82, 2.24) is 0 Å². The van der Waals surface area contributed by atoms with Crippen molar-refractivity contribution in [3.05, 3.63) is 65.7 Å². The molecule has 40 heavy (non-hydrogen) atoms. The molecule has 0 bridgehead atoms. The van der Waals surface area contributed by atoms with E-state index < -0.39 is 29.7 Å². The molecule has 0 fully saturated rings. The molecule has 0 spiro atoms. The number of hydrogen-bond donors (Lipinski definition) is 0. The van der Waals surface area contributed by atoms with Gasteiger partial charge in [0.1, 0.15) is 11.2 Å². The fraction of sp³-hybridized carbons (Fsp3) is 0.355. The van der Waals surface area contributed by atoms with E-state index in [9.17, 15) is 14.4 Å². The number of fused-ring (bicyclic) bond motifs is 1. The van der Waals surface area contributed by atoms with Crippen LogP contribution in [0, 0.1) is 11.3 Å². The number of rotatable bonds is 8. The van der Waals surface area contributed by atoms with Crippen LogP contribution in [0.15, 0.2) is 54.6 Å². The van der Waals surface area contributed by atoms with Gasteiger partial charge < -0.3 is 23.8 Å². The van der Waals surface area contributed by atoms with E-state index >= 15 is 0 Å². The Bertz CT molecular complexity index is 1460. The Morgan fingerprint density at radius 2 is 1.30 bits per heavy atom. The number of anilines is 1. The number of nitriles is 1. The fourth-order valence-electron chi connectivity index (χ4n) is 3.71. The molecule has 3 rings (SSSR count). The number of esters is 2. The Morgan fingerprint density at radius 1 is 0.750 bits per heavy atom. The first kappa shape index (κ1) is 30.0. The van der Waals surface area contributed by atoms with Gasteiger partial charge in [0.2, 0.25) is 0 Å². The molecule has 3 aromatic carbocycles. The van der Waals surface area contributed by atoms with Crippen molar-refractivity contribution in [2.45, 2.75) is 52.7 Å². The summed E-state index contributed by atoms with van der Waals surface area (Å²) < 4.78 is 22.0. The molecule has 0 aliphatic carbocycles. The molecule has 9 heteroatoms. The van der Waals surface area contributed by atoms with Crippen molar-refractivity contribution in [3.8, 4) is 17.6 Å². The maximum absolute atomic E-state index is 13.3. The van der Waals surface area contributed by atoms with Gasteiger partial charge in [-0.05, 0) is 88.7 Å². The third-order valence-electron chi connectivity index (χ3n) is 5.37. The average Bonchev–Trinajstić information content (AvgIpc) is 2.87. The first-order valence-electron chi connectivity index (χ1n) is 12.7. The van der Waals surface area contributed by atoms with Crippen molar-refractivity contribution < 1.29 is 33.3 Å². The Balaban J connectivity index is 1.85. The minimum atomic E-state index is -0.693. The van der Waals surface area contributed by atoms with E-state index in [1.807, 2.05) is 0 Å². The lowest BCUT2D eigenvalue weighted by Crippen LogP contribution is -2.28. The third kappa shape index (κ3) is 8.46. The summed E-state index contributed by atoms with van der Waals surface area (Å²) in [5.74, 6) is -1.10. The maximum atomic E-state index is 13.3. The van der Waals surface area contributed by atoms with E-state index in [4.69, 9.17) is 24.2 Å². The van der Waals surface area contributed by atoms with Crippen LogP contribution in [0.25, 0.3) is 10.8 Å². The summed E-state index contributed by atoms with van der Waals surface area (Å²) in [5, 5.41) is 10.8. The quantitative estimate of drug-likeness (QED) is 0.344. The summed E-state index contributed by atoms with van der Waals surface area (Å²) >= 11 is 0. The Morgan fingerprint density at radius 3 is 1.88 bits per heavy atom. The number of carbonyl (C=O) groups is 3. The molecule has 0 unspecified atom stereocenters. The van der Waals surface area contributed by atoms with Gasteiger partial charge in [0.15, 0.2) is 24.7 Å². The lowest BCUT2D eigenvalue weighted by molar-refractivity contribution is -0.158. The lowest BCUT2D eigenvalue weighted by Gasteiger charge is -2.22. The van der Waals surface area contributed by atoms with Crippen LogP contribution >= 0.6 is 0 Å². The minimum absolute atomic E-state index is 0.147. The standard InChI is InChI=1S/C31H34N2O7/c1-30(2,3)39-27(34)18-37-25-13-12-24(16-26(25)38-19-28(35)40-31(4,5)6)33(7)29(36)23-11-10-21-14-20(17-32)8-9-22(21)15-23/h8-16H,18-19H2,1-7H3. The highest BCUT2D eigenvalue weighted by Crippen LogP contribution is 2.33. The molecule has 0 aromatic heterocycles. The van der Waals surface area contributed by atoms with Crippen LogP contribution in [0.5, 0.6) is 11.5 Å². The van der Waals surface area contributed by atoms with E-state index in [0.717, 1.165) is 10.8 Å². The van der Waals surface area contributed by atoms with Gasteiger partial charge in [0.05, 0.1) is 11.6 Å². The normalized spacial score (nSPS) is 11.3. The molecule has 0 aliphatic rings. The van der Waals surface area contributed by atoms with Crippen LogP contribution in [0.3, 0.4) is 0 Å². The first-order valence-corrected chi connectivity index (χ1v) is 12.7. The second kappa shape index (κ2) is 12.1. The zero-order valence-electron chi connectivity index (χ0n) is 23.9. The van der Waals surface area contributed by atoms with E-state index in [2.05, 4.69) is 6.07 Å². The van der Waals surface area contributed by atoms with Gasteiger partial charge in [-0.3, -0.25) is 4.79 Å². The van der Waals surface area contributed by atoms with Gasteiger partial charge in [-0.1, -0.05) is 12.1 Å². The van der Waals surface area contributed by atoms with Crippen molar-refractivity contribution in [1.29, 1.82) is 5.26 Å². The van der Waals surface area contributed by atoms with Crippen LogP contribution in [0.2, 0.25) is 0 Å². The topological polar surface area (TPSA) is 115 Å². The SMILES string of the molecule is CN(C(=O)c1ccc2cc(C#N)ccc2c1)c1ccc(OCC(=O)OC(C)(C)C)c(OCC(=O)OC(C)(C)C)c1. The van der Waals surface area contributed by atoms with Crippen molar-refractivity contribution >= 4 is 34.3 Å². The number of carbonyl (C=O) groups excluding carboxylic acids is 3. The molecular formula is C31H34N2O7. The summed E-state index contributed by atoms with van der Waals surface area (Å²) in [4.78, 5) is 39.2. The summed E-state index contributed by atoms with van der Waals surface area (Å²) in [5.41, 5.74) is 0.0806. The van der Waals surface area contributed by atoms with Crippen LogP contribution in [0.1, 0.15) is 57.5 Å². The highest BCUT2D eigenvalue weighted by atomic mass is 16.6. The van der Waals surface area contributed by atoms with Gasteiger partial charge in [-0.15, -0.1) is 0 Å². The van der Waals surface area contributed by atoms with Crippen molar-refractivity contribution in [3.63, 3.8) is 0 Å². The number of nitrogens with zero attached hydrogens (tertiary/aromatic N) is 2. The Kier molecular flexibility index (Phi) is 9.05. The zero-order valence-corrected chi connectivity index (χ0v) is 23.9. The Hall–Kier alpha value is -4.58. The summed E-state index contributed by atoms with van der Waals surface area (Å²) in [6.07, 6.45) is 0. The number of ether oxygens (including phenoxy) is 4. The molecule has 0 radical (unpaired) electrons. The molecule has 0 atom stereocenters. The smallest absolute Gasteiger partial charge is 0.344 e. The van der Waals surface area contributed by atoms with E-state index in [0.29, 0.717) is 16.8 Å². The van der Waals surface area contributed by atoms with Gasteiger partial charge >= 0.3 is 11.9 Å².